The van der Waals surface area contributed by atoms with Gasteiger partial charge in [-0.05, 0) is 37.1 Å². The van der Waals surface area contributed by atoms with Crippen molar-refractivity contribution in [2.45, 2.75) is 20.4 Å². The van der Waals surface area contributed by atoms with Crippen LogP contribution in [0.5, 0.6) is 5.88 Å². The fourth-order valence-corrected chi connectivity index (χ4v) is 1.97. The molecule has 21 heavy (non-hydrogen) atoms. The van der Waals surface area contributed by atoms with Gasteiger partial charge in [0.1, 0.15) is 5.02 Å². The van der Waals surface area contributed by atoms with Gasteiger partial charge >= 0.3 is 0 Å². The molecule has 2 rings (SSSR count). The average molecular weight is 306 g/mol. The minimum atomic E-state index is -0.240. The summed E-state index contributed by atoms with van der Waals surface area (Å²) in [5, 5.41) is 3.14. The van der Waals surface area contributed by atoms with Crippen molar-refractivity contribution in [3.63, 3.8) is 0 Å². The molecule has 2 aromatic rings. The van der Waals surface area contributed by atoms with Gasteiger partial charge in [0.15, 0.2) is 0 Å². The zero-order chi connectivity index (χ0) is 15.2. The predicted octanol–water partition coefficient (Wildman–Crippen LogP) is 2.77. The highest BCUT2D eigenvalue weighted by molar-refractivity contribution is 6.32. The molecule has 5 nitrogen and oxygen atoms in total. The smallest absolute Gasteiger partial charge is 0.253 e. The summed E-state index contributed by atoms with van der Waals surface area (Å²) in [5.74, 6) is 0.0922. The number of aryl methyl sites for hydroxylation is 1. The molecule has 2 aromatic heterocycles. The molecule has 0 atom stereocenters. The van der Waals surface area contributed by atoms with Gasteiger partial charge in [-0.1, -0.05) is 11.6 Å². The lowest BCUT2D eigenvalue weighted by Gasteiger charge is -2.09. The van der Waals surface area contributed by atoms with Crippen LogP contribution in [0.1, 0.15) is 28.4 Å². The molecule has 110 valence electrons. The molecule has 0 saturated carbocycles. The molecule has 1 N–H and O–H groups in total. The van der Waals surface area contributed by atoms with Gasteiger partial charge in [0, 0.05) is 25.1 Å². The highest BCUT2D eigenvalue weighted by Gasteiger charge is 2.11. The van der Waals surface area contributed by atoms with E-state index in [9.17, 15) is 4.79 Å². The number of nitrogens with one attached hydrogen (secondary N) is 1. The number of aromatic nitrogens is 2. The summed E-state index contributed by atoms with van der Waals surface area (Å²) in [6.07, 6.45) is 4.90. The molecule has 0 aliphatic carbocycles. The summed E-state index contributed by atoms with van der Waals surface area (Å²) in [4.78, 5) is 20.2. The summed E-state index contributed by atoms with van der Waals surface area (Å²) in [6, 6.07) is 3.45. The van der Waals surface area contributed by atoms with E-state index in [0.29, 0.717) is 29.6 Å². The lowest BCUT2D eigenvalue weighted by Crippen LogP contribution is -2.23. The lowest BCUT2D eigenvalue weighted by molar-refractivity contribution is 0.0950. The third-order valence-electron chi connectivity index (χ3n) is 2.94. The van der Waals surface area contributed by atoms with Gasteiger partial charge in [-0.3, -0.25) is 9.78 Å². The van der Waals surface area contributed by atoms with E-state index in [1.165, 1.54) is 6.20 Å². The van der Waals surface area contributed by atoms with Gasteiger partial charge in [-0.15, -0.1) is 0 Å². The second-order valence-corrected chi connectivity index (χ2v) is 4.84. The summed E-state index contributed by atoms with van der Waals surface area (Å²) in [5.41, 5.74) is 2.44. The third-order valence-corrected chi connectivity index (χ3v) is 3.21. The van der Waals surface area contributed by atoms with E-state index in [2.05, 4.69) is 15.3 Å². The van der Waals surface area contributed by atoms with E-state index in [1.54, 1.807) is 18.5 Å². The molecule has 0 spiro atoms. The molecule has 2 heterocycles. The molecule has 0 bridgehead atoms. The second-order valence-electron chi connectivity index (χ2n) is 4.43. The van der Waals surface area contributed by atoms with Crippen LogP contribution in [0.3, 0.4) is 0 Å². The van der Waals surface area contributed by atoms with E-state index in [4.69, 9.17) is 16.3 Å². The molecule has 6 heteroatoms. The Labute approximate surface area is 128 Å². The quantitative estimate of drug-likeness (QED) is 0.922. The Kier molecular flexibility index (Phi) is 5.11. The Morgan fingerprint density at radius 1 is 1.43 bits per heavy atom. The van der Waals surface area contributed by atoms with Gasteiger partial charge in [0.05, 0.1) is 12.2 Å². The van der Waals surface area contributed by atoms with Crippen LogP contribution in [0.4, 0.5) is 0 Å². The summed E-state index contributed by atoms with van der Waals surface area (Å²) in [6.45, 7) is 4.69. The molecule has 0 saturated heterocycles. The van der Waals surface area contributed by atoms with Crippen LogP contribution < -0.4 is 10.1 Å². The molecule has 0 radical (unpaired) electrons. The van der Waals surface area contributed by atoms with E-state index in [1.807, 2.05) is 19.9 Å². The zero-order valence-electron chi connectivity index (χ0n) is 11.9. The number of pyridine rings is 2. The Morgan fingerprint density at radius 3 is 2.90 bits per heavy atom. The van der Waals surface area contributed by atoms with Crippen molar-refractivity contribution >= 4 is 17.5 Å². The maximum Gasteiger partial charge on any atom is 0.253 e. The maximum atomic E-state index is 12.1. The molecule has 1 amide bonds. The largest absolute Gasteiger partial charge is 0.477 e. The average Bonchev–Trinajstić information content (AvgIpc) is 2.48. The minimum Gasteiger partial charge on any atom is -0.477 e. The highest BCUT2D eigenvalue weighted by atomic mass is 35.5. The maximum absolute atomic E-state index is 12.1. The Hall–Kier alpha value is -2.14. The van der Waals surface area contributed by atoms with E-state index < -0.39 is 0 Å². The molecular weight excluding hydrogens is 290 g/mol. The molecular formula is C15H16ClN3O2. The first-order valence-electron chi connectivity index (χ1n) is 6.58. The number of hydrogen-bond acceptors (Lipinski definition) is 4. The Bertz CT molecular complexity index is 647. The number of carbonyl (C=O) groups is 1. The van der Waals surface area contributed by atoms with Crippen molar-refractivity contribution in [1.82, 2.24) is 15.3 Å². The molecule has 0 unspecified atom stereocenters. The van der Waals surface area contributed by atoms with Crippen LogP contribution in [-0.2, 0) is 6.54 Å². The van der Waals surface area contributed by atoms with Gasteiger partial charge in [0.25, 0.3) is 5.91 Å². The first-order chi connectivity index (χ1) is 10.1. The Morgan fingerprint density at radius 2 is 2.24 bits per heavy atom. The number of ether oxygens (including phenoxy) is 1. The van der Waals surface area contributed by atoms with Crippen LogP contribution in [-0.4, -0.2) is 22.5 Å². The Balaban J connectivity index is 2.04. The number of amides is 1. The lowest BCUT2D eigenvalue weighted by atomic mass is 10.1. The van der Waals surface area contributed by atoms with Crippen molar-refractivity contribution in [3.05, 3.63) is 52.4 Å². The van der Waals surface area contributed by atoms with Crippen molar-refractivity contribution < 1.29 is 9.53 Å². The van der Waals surface area contributed by atoms with Crippen LogP contribution in [0.15, 0.2) is 30.7 Å². The fraction of sp³-hybridized carbons (Fsp3) is 0.267. The van der Waals surface area contributed by atoms with E-state index >= 15 is 0 Å². The monoisotopic (exact) mass is 305 g/mol. The number of halogens is 1. The second kappa shape index (κ2) is 7.04. The van der Waals surface area contributed by atoms with Gasteiger partial charge in [0.2, 0.25) is 5.88 Å². The molecule has 0 fully saturated rings. The van der Waals surface area contributed by atoms with Gasteiger partial charge in [-0.2, -0.15) is 0 Å². The van der Waals surface area contributed by atoms with Crippen molar-refractivity contribution in [3.8, 4) is 5.88 Å². The number of carbonyl (C=O) groups excluding carboxylic acids is 1. The molecule has 0 aliphatic rings. The zero-order valence-corrected chi connectivity index (χ0v) is 12.6. The van der Waals surface area contributed by atoms with Crippen LogP contribution in [0.25, 0.3) is 0 Å². The van der Waals surface area contributed by atoms with Crippen LogP contribution >= 0.6 is 11.6 Å². The highest BCUT2D eigenvalue weighted by Crippen LogP contribution is 2.22. The van der Waals surface area contributed by atoms with E-state index in [-0.39, 0.29) is 5.91 Å². The summed E-state index contributed by atoms with van der Waals surface area (Å²) >= 11 is 6.02. The van der Waals surface area contributed by atoms with E-state index in [0.717, 1.165) is 11.1 Å². The number of nitrogens with zero attached hydrogens (tertiary/aromatic N) is 2. The van der Waals surface area contributed by atoms with Gasteiger partial charge < -0.3 is 10.1 Å². The van der Waals surface area contributed by atoms with Crippen molar-refractivity contribution in [2.75, 3.05) is 6.61 Å². The summed E-state index contributed by atoms with van der Waals surface area (Å²) in [7, 11) is 0. The van der Waals surface area contributed by atoms with Gasteiger partial charge in [-0.25, -0.2) is 4.98 Å². The topological polar surface area (TPSA) is 64.1 Å². The molecule has 0 aromatic carbocycles. The summed E-state index contributed by atoms with van der Waals surface area (Å²) < 4.78 is 5.23. The predicted molar refractivity (Wildman–Crippen MR) is 80.6 cm³/mol. The van der Waals surface area contributed by atoms with Crippen molar-refractivity contribution in [1.29, 1.82) is 0 Å². The standard InChI is InChI=1S/C15H16ClN3O2/c1-3-21-15-13(16)6-11(8-19-15)14(20)18-9-12-7-17-5-4-10(12)2/h4-8H,3,9H2,1-2H3,(H,18,20). The van der Waals surface area contributed by atoms with Crippen molar-refractivity contribution in [2.24, 2.45) is 0 Å². The SMILES string of the molecule is CCOc1ncc(C(=O)NCc2cnccc2C)cc1Cl. The minimum absolute atomic E-state index is 0.240. The normalized spacial score (nSPS) is 10.2. The first kappa shape index (κ1) is 15.3. The first-order valence-corrected chi connectivity index (χ1v) is 6.95. The van der Waals surface area contributed by atoms with Crippen LogP contribution in [0.2, 0.25) is 5.02 Å². The number of hydrogen-bond donors (Lipinski definition) is 1. The van der Waals surface area contributed by atoms with Crippen LogP contribution in [0, 0.1) is 6.92 Å². The molecule has 0 aliphatic heterocycles. The third kappa shape index (κ3) is 3.92. The fourth-order valence-electron chi connectivity index (χ4n) is 1.75. The number of rotatable bonds is 5.